The number of sulfonamides is 1. The van der Waals surface area contributed by atoms with Crippen LogP contribution in [0.3, 0.4) is 0 Å². The van der Waals surface area contributed by atoms with E-state index in [1.807, 2.05) is 0 Å². The van der Waals surface area contributed by atoms with Crippen LogP contribution in [0, 0.1) is 0 Å². The Morgan fingerprint density at radius 1 is 1.25 bits per heavy atom. The van der Waals surface area contributed by atoms with E-state index < -0.39 is 15.6 Å². The van der Waals surface area contributed by atoms with Gasteiger partial charge in [0.1, 0.15) is 16.4 Å². The largest absolute Gasteiger partial charge is 0.495 e. The molecule has 0 amide bonds. The Labute approximate surface area is 127 Å². The van der Waals surface area contributed by atoms with Gasteiger partial charge in [-0.1, -0.05) is 0 Å². The molecule has 20 heavy (non-hydrogen) atoms. The summed E-state index contributed by atoms with van der Waals surface area (Å²) in [4.78, 5) is 0.0249. The summed E-state index contributed by atoms with van der Waals surface area (Å²) in [6.45, 7) is 3.58. The van der Waals surface area contributed by atoms with Crippen molar-refractivity contribution in [1.29, 1.82) is 0 Å². The molecule has 0 atom stereocenters. The highest BCUT2D eigenvalue weighted by atomic mass is 79.9. The average molecular weight is 367 g/mol. The van der Waals surface area contributed by atoms with Crippen molar-refractivity contribution in [2.45, 2.75) is 24.3 Å². The van der Waals surface area contributed by atoms with Gasteiger partial charge in [-0.05, 0) is 35.8 Å². The van der Waals surface area contributed by atoms with Gasteiger partial charge < -0.3 is 15.2 Å². The molecular weight excluding hydrogens is 348 g/mol. The first-order valence-electron chi connectivity index (χ1n) is 5.81. The molecule has 8 heteroatoms. The molecular formula is C12H19BrN2O4S. The fraction of sp³-hybridized carbons (Fsp3) is 0.500. The predicted molar refractivity (Wildman–Crippen MR) is 80.7 cm³/mol. The molecule has 0 aliphatic heterocycles. The molecule has 0 unspecified atom stereocenters. The predicted octanol–water partition coefficient (Wildman–Crippen LogP) is 1.48. The zero-order valence-corrected chi connectivity index (χ0v) is 14.3. The summed E-state index contributed by atoms with van der Waals surface area (Å²) in [7, 11) is -0.838. The van der Waals surface area contributed by atoms with Crippen molar-refractivity contribution in [1.82, 2.24) is 4.72 Å². The van der Waals surface area contributed by atoms with Crippen LogP contribution in [-0.4, -0.2) is 34.7 Å². The smallest absolute Gasteiger partial charge is 0.244 e. The van der Waals surface area contributed by atoms with E-state index in [1.54, 1.807) is 13.8 Å². The molecule has 0 radical (unpaired) electrons. The fourth-order valence-electron chi connectivity index (χ4n) is 1.40. The minimum atomic E-state index is -3.72. The quantitative estimate of drug-likeness (QED) is 0.795. The van der Waals surface area contributed by atoms with E-state index in [0.717, 1.165) is 0 Å². The molecule has 1 aromatic rings. The molecule has 0 bridgehead atoms. The van der Waals surface area contributed by atoms with Crippen LogP contribution < -0.4 is 19.9 Å². The van der Waals surface area contributed by atoms with E-state index in [-0.39, 0.29) is 17.2 Å². The molecule has 0 spiro atoms. The fourth-order valence-corrected chi connectivity index (χ4v) is 3.46. The van der Waals surface area contributed by atoms with Crippen molar-refractivity contribution >= 4 is 26.0 Å². The van der Waals surface area contributed by atoms with Crippen LogP contribution in [-0.2, 0) is 10.0 Å². The lowest BCUT2D eigenvalue weighted by molar-refractivity contribution is 0.384. The molecule has 0 saturated carbocycles. The summed E-state index contributed by atoms with van der Waals surface area (Å²) in [6.07, 6.45) is 0. The second kappa shape index (κ2) is 6.30. The highest BCUT2D eigenvalue weighted by molar-refractivity contribution is 9.10. The zero-order valence-electron chi connectivity index (χ0n) is 11.9. The van der Waals surface area contributed by atoms with Gasteiger partial charge in [0.15, 0.2) is 0 Å². The van der Waals surface area contributed by atoms with Gasteiger partial charge in [-0.25, -0.2) is 13.1 Å². The molecule has 1 rings (SSSR count). The monoisotopic (exact) mass is 366 g/mol. The summed E-state index contributed by atoms with van der Waals surface area (Å²) in [5.74, 6) is 0.687. The minimum Gasteiger partial charge on any atom is -0.495 e. The van der Waals surface area contributed by atoms with Gasteiger partial charge in [0.25, 0.3) is 0 Å². The second-order valence-corrected chi connectivity index (χ2v) is 7.54. The number of hydrogen-bond acceptors (Lipinski definition) is 5. The van der Waals surface area contributed by atoms with Crippen LogP contribution in [0.4, 0.5) is 0 Å². The maximum absolute atomic E-state index is 12.3. The minimum absolute atomic E-state index is 0.0249. The molecule has 0 aromatic heterocycles. The van der Waals surface area contributed by atoms with Crippen LogP contribution >= 0.6 is 15.9 Å². The standard InChI is InChI=1S/C12H19BrN2O4S/c1-12(2,14)7-15-20(16,17)11-5-8(13)9(18-3)6-10(11)19-4/h5-6,15H,7,14H2,1-4H3. The molecule has 1 aromatic carbocycles. The number of benzene rings is 1. The third kappa shape index (κ3) is 4.34. The Kier molecular flexibility index (Phi) is 5.42. The Morgan fingerprint density at radius 2 is 1.80 bits per heavy atom. The Bertz CT molecular complexity index is 582. The summed E-state index contributed by atoms with van der Waals surface area (Å²) < 4.78 is 37.8. The van der Waals surface area contributed by atoms with E-state index in [1.165, 1.54) is 26.4 Å². The van der Waals surface area contributed by atoms with Crippen molar-refractivity contribution in [3.05, 3.63) is 16.6 Å². The highest BCUT2D eigenvalue weighted by Crippen LogP contribution is 2.35. The summed E-state index contributed by atoms with van der Waals surface area (Å²) in [5, 5.41) is 0. The van der Waals surface area contributed by atoms with Crippen molar-refractivity contribution in [3.8, 4) is 11.5 Å². The molecule has 0 saturated heterocycles. The molecule has 0 fully saturated rings. The van der Waals surface area contributed by atoms with Crippen LogP contribution in [0.2, 0.25) is 0 Å². The summed E-state index contributed by atoms with van der Waals surface area (Å²) in [6, 6.07) is 2.94. The lowest BCUT2D eigenvalue weighted by Crippen LogP contribution is -2.45. The summed E-state index contributed by atoms with van der Waals surface area (Å²) in [5.41, 5.74) is 5.13. The molecule has 6 nitrogen and oxygen atoms in total. The van der Waals surface area contributed by atoms with E-state index in [0.29, 0.717) is 10.2 Å². The molecule has 0 aliphatic carbocycles. The zero-order chi connectivity index (χ0) is 15.6. The number of hydrogen-bond donors (Lipinski definition) is 2. The number of nitrogens with two attached hydrogens (primary N) is 1. The third-order valence-electron chi connectivity index (χ3n) is 2.45. The van der Waals surface area contributed by atoms with E-state index in [9.17, 15) is 8.42 Å². The van der Waals surface area contributed by atoms with E-state index in [4.69, 9.17) is 15.2 Å². The van der Waals surface area contributed by atoms with Gasteiger partial charge in [-0.2, -0.15) is 0 Å². The maximum atomic E-state index is 12.3. The number of rotatable bonds is 6. The molecule has 0 aliphatic rings. The van der Waals surface area contributed by atoms with Gasteiger partial charge in [0.2, 0.25) is 10.0 Å². The maximum Gasteiger partial charge on any atom is 0.244 e. The van der Waals surface area contributed by atoms with Crippen LogP contribution in [0.25, 0.3) is 0 Å². The molecule has 114 valence electrons. The van der Waals surface area contributed by atoms with Gasteiger partial charge in [-0.15, -0.1) is 0 Å². The normalized spacial score (nSPS) is 12.3. The molecule has 3 N–H and O–H groups in total. The molecule has 0 heterocycles. The first kappa shape index (κ1) is 17.2. The summed E-state index contributed by atoms with van der Waals surface area (Å²) >= 11 is 3.26. The van der Waals surface area contributed by atoms with Gasteiger partial charge in [0, 0.05) is 18.2 Å². The van der Waals surface area contributed by atoms with Crippen molar-refractivity contribution in [3.63, 3.8) is 0 Å². The van der Waals surface area contributed by atoms with E-state index in [2.05, 4.69) is 20.7 Å². The lowest BCUT2D eigenvalue weighted by Gasteiger charge is -2.20. The SMILES string of the molecule is COc1cc(OC)c(S(=O)(=O)NCC(C)(C)N)cc1Br. The number of ether oxygens (including phenoxy) is 2. The van der Waals surface area contributed by atoms with Crippen LogP contribution in [0.15, 0.2) is 21.5 Å². The Balaban J connectivity index is 3.21. The van der Waals surface area contributed by atoms with Crippen molar-refractivity contribution in [2.75, 3.05) is 20.8 Å². The first-order chi connectivity index (χ1) is 9.10. The average Bonchev–Trinajstić information content (AvgIpc) is 2.35. The Morgan fingerprint density at radius 3 is 2.25 bits per heavy atom. The first-order valence-corrected chi connectivity index (χ1v) is 8.08. The number of methoxy groups -OCH3 is 2. The highest BCUT2D eigenvalue weighted by Gasteiger charge is 2.24. The van der Waals surface area contributed by atoms with Crippen LogP contribution in [0.5, 0.6) is 11.5 Å². The lowest BCUT2D eigenvalue weighted by atomic mass is 10.1. The number of halogens is 1. The second-order valence-electron chi connectivity index (χ2n) is 4.95. The van der Waals surface area contributed by atoms with Crippen molar-refractivity contribution < 1.29 is 17.9 Å². The van der Waals surface area contributed by atoms with Crippen molar-refractivity contribution in [2.24, 2.45) is 5.73 Å². The van der Waals surface area contributed by atoms with Gasteiger partial charge in [0.05, 0.1) is 18.7 Å². The van der Waals surface area contributed by atoms with E-state index >= 15 is 0 Å². The Hall–Kier alpha value is -0.830. The third-order valence-corrected chi connectivity index (χ3v) is 4.49. The van der Waals surface area contributed by atoms with Crippen LogP contribution in [0.1, 0.15) is 13.8 Å². The van der Waals surface area contributed by atoms with Gasteiger partial charge in [-0.3, -0.25) is 0 Å². The topological polar surface area (TPSA) is 90.6 Å². The van der Waals surface area contributed by atoms with Gasteiger partial charge >= 0.3 is 0 Å². The number of nitrogens with one attached hydrogen (secondary N) is 1.